The lowest BCUT2D eigenvalue weighted by Gasteiger charge is -2.16. The monoisotopic (exact) mass is 253 g/mol. The molecule has 0 radical (unpaired) electrons. The van der Waals surface area contributed by atoms with Crippen LogP contribution in [0.2, 0.25) is 0 Å². The van der Waals surface area contributed by atoms with Crippen LogP contribution >= 0.6 is 0 Å². The molecule has 0 amide bonds. The summed E-state index contributed by atoms with van der Waals surface area (Å²) in [4.78, 5) is 0. The Kier molecular flexibility index (Phi) is 4.75. The summed E-state index contributed by atoms with van der Waals surface area (Å²) in [5.41, 5.74) is 11.4. The highest BCUT2D eigenvalue weighted by atomic mass is 14.5. The number of benzene rings is 2. The van der Waals surface area contributed by atoms with Crippen LogP contribution in [0.25, 0.3) is 0 Å². The first kappa shape index (κ1) is 13.8. The van der Waals surface area contributed by atoms with Gasteiger partial charge in [0.25, 0.3) is 0 Å². The van der Waals surface area contributed by atoms with Crippen molar-refractivity contribution in [3.63, 3.8) is 0 Å². The molecular weight excluding hydrogens is 230 g/mol. The standard InChI is InChI=1S/C18H23N/c1-3-15-7-9-17(10-8-15)18(13-19)12-16-6-4-5-14(2)11-16/h4-11,18H,3,12-13,19H2,1-2H3. The Labute approximate surface area is 116 Å². The largest absolute Gasteiger partial charge is 0.330 e. The second kappa shape index (κ2) is 6.53. The van der Waals surface area contributed by atoms with E-state index in [4.69, 9.17) is 5.73 Å². The van der Waals surface area contributed by atoms with Gasteiger partial charge in [0.15, 0.2) is 0 Å². The molecule has 0 fully saturated rings. The molecule has 1 heteroatoms. The SMILES string of the molecule is CCc1ccc(C(CN)Cc2cccc(C)c2)cc1. The molecule has 2 rings (SSSR count). The van der Waals surface area contributed by atoms with Gasteiger partial charge >= 0.3 is 0 Å². The molecule has 1 unspecified atom stereocenters. The lowest BCUT2D eigenvalue weighted by molar-refractivity contribution is 0.693. The molecule has 0 aliphatic rings. The maximum atomic E-state index is 5.96. The van der Waals surface area contributed by atoms with E-state index in [1.807, 2.05) is 0 Å². The summed E-state index contributed by atoms with van der Waals surface area (Å²) in [5, 5.41) is 0. The topological polar surface area (TPSA) is 26.0 Å². The zero-order valence-corrected chi connectivity index (χ0v) is 11.9. The van der Waals surface area contributed by atoms with E-state index in [0.29, 0.717) is 12.5 Å². The van der Waals surface area contributed by atoms with Gasteiger partial charge in [-0.3, -0.25) is 0 Å². The van der Waals surface area contributed by atoms with E-state index < -0.39 is 0 Å². The predicted molar refractivity (Wildman–Crippen MR) is 82.5 cm³/mol. The second-order valence-corrected chi connectivity index (χ2v) is 5.22. The molecule has 0 aromatic heterocycles. The molecule has 0 spiro atoms. The molecule has 0 bridgehead atoms. The summed E-state index contributed by atoms with van der Waals surface area (Å²) < 4.78 is 0. The van der Waals surface area contributed by atoms with Gasteiger partial charge in [-0.15, -0.1) is 0 Å². The first-order valence-corrected chi connectivity index (χ1v) is 7.07. The van der Waals surface area contributed by atoms with E-state index in [0.717, 1.165) is 12.8 Å². The fraction of sp³-hybridized carbons (Fsp3) is 0.333. The van der Waals surface area contributed by atoms with E-state index in [1.54, 1.807) is 0 Å². The van der Waals surface area contributed by atoms with Gasteiger partial charge in [-0.2, -0.15) is 0 Å². The Bertz CT molecular complexity index is 513. The van der Waals surface area contributed by atoms with E-state index in [9.17, 15) is 0 Å². The smallest absolute Gasteiger partial charge is 0.000157 e. The van der Waals surface area contributed by atoms with Crippen LogP contribution < -0.4 is 5.73 Å². The minimum absolute atomic E-state index is 0.410. The third-order valence-corrected chi connectivity index (χ3v) is 3.71. The average Bonchev–Trinajstić information content (AvgIpc) is 2.45. The van der Waals surface area contributed by atoms with Gasteiger partial charge < -0.3 is 5.73 Å². The van der Waals surface area contributed by atoms with E-state index in [2.05, 4.69) is 62.4 Å². The highest BCUT2D eigenvalue weighted by molar-refractivity contribution is 5.29. The highest BCUT2D eigenvalue weighted by Gasteiger charge is 2.10. The van der Waals surface area contributed by atoms with Gasteiger partial charge in [0.1, 0.15) is 0 Å². The third-order valence-electron chi connectivity index (χ3n) is 3.71. The number of aryl methyl sites for hydroxylation is 2. The minimum atomic E-state index is 0.410. The Morgan fingerprint density at radius 3 is 2.32 bits per heavy atom. The van der Waals surface area contributed by atoms with E-state index in [1.165, 1.54) is 22.3 Å². The van der Waals surface area contributed by atoms with Crippen molar-refractivity contribution in [3.05, 3.63) is 70.8 Å². The molecule has 0 saturated heterocycles. The van der Waals surface area contributed by atoms with E-state index in [-0.39, 0.29) is 0 Å². The molecule has 2 aromatic carbocycles. The maximum Gasteiger partial charge on any atom is 0.000157 e. The van der Waals surface area contributed by atoms with Crippen molar-refractivity contribution in [1.82, 2.24) is 0 Å². The first-order chi connectivity index (χ1) is 9.22. The van der Waals surface area contributed by atoms with Gasteiger partial charge in [0.05, 0.1) is 0 Å². The molecule has 0 saturated carbocycles. The van der Waals surface area contributed by atoms with Crippen molar-refractivity contribution in [2.75, 3.05) is 6.54 Å². The van der Waals surface area contributed by atoms with Crippen molar-refractivity contribution in [1.29, 1.82) is 0 Å². The van der Waals surface area contributed by atoms with Crippen LogP contribution in [0.5, 0.6) is 0 Å². The normalized spacial score (nSPS) is 12.4. The fourth-order valence-corrected chi connectivity index (χ4v) is 2.49. The van der Waals surface area contributed by atoms with Gasteiger partial charge in [0, 0.05) is 5.92 Å². The Hall–Kier alpha value is -1.60. The number of rotatable bonds is 5. The summed E-state index contributed by atoms with van der Waals surface area (Å²) in [5.74, 6) is 0.410. The van der Waals surface area contributed by atoms with Crippen molar-refractivity contribution >= 4 is 0 Å². The van der Waals surface area contributed by atoms with Gasteiger partial charge in [-0.25, -0.2) is 0 Å². The van der Waals surface area contributed by atoms with Crippen LogP contribution in [0, 0.1) is 6.92 Å². The Morgan fingerprint density at radius 2 is 1.74 bits per heavy atom. The summed E-state index contributed by atoms with van der Waals surface area (Å²) in [7, 11) is 0. The molecule has 19 heavy (non-hydrogen) atoms. The van der Waals surface area contributed by atoms with Gasteiger partial charge in [-0.05, 0) is 43.0 Å². The lowest BCUT2D eigenvalue weighted by Crippen LogP contribution is -2.15. The summed E-state index contributed by atoms with van der Waals surface area (Å²) in [6.07, 6.45) is 2.11. The van der Waals surface area contributed by atoms with Crippen LogP contribution in [0.3, 0.4) is 0 Å². The predicted octanol–water partition coefficient (Wildman–Crippen LogP) is 3.84. The molecular formula is C18H23N. The molecule has 100 valence electrons. The van der Waals surface area contributed by atoms with Crippen LogP contribution in [0.4, 0.5) is 0 Å². The van der Waals surface area contributed by atoms with Crippen molar-refractivity contribution in [2.24, 2.45) is 5.73 Å². The maximum absolute atomic E-state index is 5.96. The van der Waals surface area contributed by atoms with Crippen LogP contribution in [0.1, 0.15) is 35.1 Å². The fourth-order valence-electron chi connectivity index (χ4n) is 2.49. The molecule has 0 heterocycles. The van der Waals surface area contributed by atoms with Crippen LogP contribution in [-0.4, -0.2) is 6.54 Å². The van der Waals surface area contributed by atoms with E-state index >= 15 is 0 Å². The second-order valence-electron chi connectivity index (χ2n) is 5.22. The molecule has 2 N–H and O–H groups in total. The zero-order valence-electron chi connectivity index (χ0n) is 11.9. The lowest BCUT2D eigenvalue weighted by atomic mass is 9.91. The van der Waals surface area contributed by atoms with Crippen molar-refractivity contribution in [3.8, 4) is 0 Å². The van der Waals surface area contributed by atoms with Crippen molar-refractivity contribution < 1.29 is 0 Å². The molecule has 1 nitrogen and oxygen atoms in total. The number of hydrogen-bond acceptors (Lipinski definition) is 1. The minimum Gasteiger partial charge on any atom is -0.330 e. The quantitative estimate of drug-likeness (QED) is 0.860. The average molecular weight is 253 g/mol. The summed E-state index contributed by atoms with van der Waals surface area (Å²) >= 11 is 0. The number of nitrogens with two attached hydrogens (primary N) is 1. The van der Waals surface area contributed by atoms with Gasteiger partial charge in [-0.1, -0.05) is 61.0 Å². The number of hydrogen-bond donors (Lipinski definition) is 1. The summed E-state index contributed by atoms with van der Waals surface area (Å²) in [6, 6.07) is 17.6. The van der Waals surface area contributed by atoms with Gasteiger partial charge in [0.2, 0.25) is 0 Å². The third kappa shape index (κ3) is 3.68. The zero-order chi connectivity index (χ0) is 13.7. The Balaban J connectivity index is 2.15. The summed E-state index contributed by atoms with van der Waals surface area (Å²) in [6.45, 7) is 5.01. The highest BCUT2D eigenvalue weighted by Crippen LogP contribution is 2.21. The molecule has 2 aromatic rings. The van der Waals surface area contributed by atoms with Crippen molar-refractivity contribution in [2.45, 2.75) is 32.6 Å². The van der Waals surface area contributed by atoms with Crippen LogP contribution in [0.15, 0.2) is 48.5 Å². The molecule has 0 aliphatic carbocycles. The molecule has 1 atom stereocenters. The Morgan fingerprint density at radius 1 is 1.00 bits per heavy atom. The first-order valence-electron chi connectivity index (χ1n) is 7.07. The molecule has 0 aliphatic heterocycles. The van der Waals surface area contributed by atoms with Crippen LogP contribution in [-0.2, 0) is 12.8 Å².